The molecule has 0 saturated heterocycles. The van der Waals surface area contributed by atoms with Crippen molar-refractivity contribution in [3.05, 3.63) is 41.7 Å². The first-order chi connectivity index (χ1) is 9.02. The summed E-state index contributed by atoms with van der Waals surface area (Å²) in [5, 5.41) is 5.12. The van der Waals surface area contributed by atoms with Crippen LogP contribution in [0.5, 0.6) is 0 Å². The molecule has 1 rings (SSSR count). The van der Waals surface area contributed by atoms with E-state index in [1.807, 2.05) is 0 Å². The minimum atomic E-state index is -0.607. The standard InChI is InChI=1S/C14H17FN2O2/c1-3-16-14(19)10(2)17-13(18)8-7-11-5-4-6-12(15)9-11/h4-10H,3H2,1-2H3,(H,16,19)(H,17,18)/b8-7+. The third kappa shape index (κ3) is 5.33. The highest BCUT2D eigenvalue weighted by Gasteiger charge is 2.12. The van der Waals surface area contributed by atoms with Crippen molar-refractivity contribution in [1.29, 1.82) is 0 Å². The van der Waals surface area contributed by atoms with Crippen molar-refractivity contribution in [3.8, 4) is 0 Å². The minimum absolute atomic E-state index is 0.241. The lowest BCUT2D eigenvalue weighted by Crippen LogP contribution is -2.44. The topological polar surface area (TPSA) is 58.2 Å². The van der Waals surface area contributed by atoms with Crippen LogP contribution in [0, 0.1) is 5.82 Å². The largest absolute Gasteiger partial charge is 0.355 e. The van der Waals surface area contributed by atoms with E-state index >= 15 is 0 Å². The lowest BCUT2D eigenvalue weighted by molar-refractivity contribution is -0.126. The van der Waals surface area contributed by atoms with Gasteiger partial charge in [-0.3, -0.25) is 9.59 Å². The molecule has 102 valence electrons. The maximum atomic E-state index is 12.9. The molecule has 0 aliphatic heterocycles. The van der Waals surface area contributed by atoms with Gasteiger partial charge in [0.05, 0.1) is 0 Å². The van der Waals surface area contributed by atoms with Crippen LogP contribution in [0.1, 0.15) is 19.4 Å². The molecule has 1 unspecified atom stereocenters. The number of likely N-dealkylation sites (N-methyl/N-ethyl adjacent to an activating group) is 1. The fraction of sp³-hybridized carbons (Fsp3) is 0.286. The number of carbonyl (C=O) groups is 2. The molecule has 0 heterocycles. The van der Waals surface area contributed by atoms with E-state index in [0.29, 0.717) is 12.1 Å². The molecule has 1 atom stereocenters. The summed E-state index contributed by atoms with van der Waals surface area (Å²) < 4.78 is 12.9. The molecule has 2 N–H and O–H groups in total. The van der Waals surface area contributed by atoms with Crippen molar-refractivity contribution >= 4 is 17.9 Å². The average Bonchev–Trinajstić information content (AvgIpc) is 2.36. The van der Waals surface area contributed by atoms with Crippen LogP contribution in [0.15, 0.2) is 30.3 Å². The van der Waals surface area contributed by atoms with Gasteiger partial charge in [0.15, 0.2) is 0 Å². The Balaban J connectivity index is 2.53. The van der Waals surface area contributed by atoms with Crippen LogP contribution in [-0.4, -0.2) is 24.4 Å². The highest BCUT2D eigenvalue weighted by Crippen LogP contribution is 2.05. The first-order valence-corrected chi connectivity index (χ1v) is 6.04. The Hall–Kier alpha value is -2.17. The van der Waals surface area contributed by atoms with E-state index in [2.05, 4.69) is 10.6 Å². The molecular formula is C14H17FN2O2. The molecule has 1 aromatic carbocycles. The van der Waals surface area contributed by atoms with E-state index < -0.39 is 11.9 Å². The normalized spacial score (nSPS) is 12.2. The lowest BCUT2D eigenvalue weighted by atomic mass is 10.2. The van der Waals surface area contributed by atoms with Gasteiger partial charge in [-0.05, 0) is 37.6 Å². The van der Waals surface area contributed by atoms with Crippen LogP contribution < -0.4 is 10.6 Å². The average molecular weight is 264 g/mol. The number of amides is 2. The molecule has 0 saturated carbocycles. The first-order valence-electron chi connectivity index (χ1n) is 6.04. The van der Waals surface area contributed by atoms with Gasteiger partial charge in [-0.15, -0.1) is 0 Å². The highest BCUT2D eigenvalue weighted by molar-refractivity contribution is 5.95. The summed E-state index contributed by atoms with van der Waals surface area (Å²) in [5.41, 5.74) is 0.584. The number of nitrogens with one attached hydrogen (secondary N) is 2. The Labute approximate surface area is 111 Å². The smallest absolute Gasteiger partial charge is 0.244 e. The molecule has 0 bridgehead atoms. The molecule has 0 spiro atoms. The van der Waals surface area contributed by atoms with Gasteiger partial charge >= 0.3 is 0 Å². The Morgan fingerprint density at radius 3 is 2.79 bits per heavy atom. The predicted octanol–water partition coefficient (Wildman–Crippen LogP) is 1.48. The summed E-state index contributed by atoms with van der Waals surface area (Å²) in [6, 6.07) is 5.28. The number of halogens is 1. The van der Waals surface area contributed by atoms with Gasteiger partial charge in [0.25, 0.3) is 0 Å². The molecule has 0 radical (unpaired) electrons. The quantitative estimate of drug-likeness (QED) is 0.791. The second-order valence-corrected chi connectivity index (χ2v) is 4.01. The number of hydrogen-bond donors (Lipinski definition) is 2. The molecule has 0 aliphatic carbocycles. The zero-order chi connectivity index (χ0) is 14.3. The van der Waals surface area contributed by atoms with Gasteiger partial charge in [-0.2, -0.15) is 0 Å². The molecule has 0 aliphatic rings. The Kier molecular flexibility index (Phi) is 5.73. The number of carbonyl (C=O) groups excluding carboxylic acids is 2. The molecule has 0 aromatic heterocycles. The first kappa shape index (κ1) is 14.9. The van der Waals surface area contributed by atoms with E-state index in [1.165, 1.54) is 24.3 Å². The zero-order valence-corrected chi connectivity index (χ0v) is 10.9. The third-order valence-electron chi connectivity index (χ3n) is 2.38. The van der Waals surface area contributed by atoms with Gasteiger partial charge in [-0.1, -0.05) is 12.1 Å². The Morgan fingerprint density at radius 2 is 2.16 bits per heavy atom. The maximum absolute atomic E-state index is 12.9. The van der Waals surface area contributed by atoms with Crippen LogP contribution in [0.4, 0.5) is 4.39 Å². The monoisotopic (exact) mass is 264 g/mol. The van der Waals surface area contributed by atoms with Gasteiger partial charge in [0.2, 0.25) is 11.8 Å². The van der Waals surface area contributed by atoms with Crippen LogP contribution in [0.3, 0.4) is 0 Å². The van der Waals surface area contributed by atoms with Crippen molar-refractivity contribution in [1.82, 2.24) is 10.6 Å². The fourth-order valence-corrected chi connectivity index (χ4v) is 1.44. The van der Waals surface area contributed by atoms with E-state index in [0.717, 1.165) is 0 Å². The van der Waals surface area contributed by atoms with Crippen molar-refractivity contribution in [2.75, 3.05) is 6.54 Å². The number of rotatable bonds is 5. The molecule has 19 heavy (non-hydrogen) atoms. The van der Waals surface area contributed by atoms with Crippen molar-refractivity contribution in [2.24, 2.45) is 0 Å². The second kappa shape index (κ2) is 7.31. The second-order valence-electron chi connectivity index (χ2n) is 4.01. The summed E-state index contributed by atoms with van der Waals surface area (Å²) in [5.74, 6) is -1.00. The van der Waals surface area contributed by atoms with Gasteiger partial charge in [0.1, 0.15) is 11.9 Å². The van der Waals surface area contributed by atoms with Crippen LogP contribution in [0.25, 0.3) is 6.08 Å². The summed E-state index contributed by atoms with van der Waals surface area (Å²) in [6.45, 7) is 3.91. The SMILES string of the molecule is CCNC(=O)C(C)NC(=O)/C=C/c1cccc(F)c1. The van der Waals surface area contributed by atoms with E-state index in [9.17, 15) is 14.0 Å². The Morgan fingerprint density at radius 1 is 1.42 bits per heavy atom. The number of hydrogen-bond acceptors (Lipinski definition) is 2. The van der Waals surface area contributed by atoms with E-state index in [4.69, 9.17) is 0 Å². The van der Waals surface area contributed by atoms with Crippen LogP contribution in [-0.2, 0) is 9.59 Å². The van der Waals surface area contributed by atoms with Crippen molar-refractivity contribution in [2.45, 2.75) is 19.9 Å². The van der Waals surface area contributed by atoms with Crippen molar-refractivity contribution < 1.29 is 14.0 Å². The fourth-order valence-electron chi connectivity index (χ4n) is 1.44. The van der Waals surface area contributed by atoms with Gasteiger partial charge < -0.3 is 10.6 Å². The molecule has 5 heteroatoms. The lowest BCUT2D eigenvalue weighted by Gasteiger charge is -2.11. The number of benzene rings is 1. The predicted molar refractivity (Wildman–Crippen MR) is 71.7 cm³/mol. The molecule has 1 aromatic rings. The molecular weight excluding hydrogens is 247 g/mol. The van der Waals surface area contributed by atoms with Gasteiger partial charge in [0, 0.05) is 12.6 Å². The third-order valence-corrected chi connectivity index (χ3v) is 2.38. The summed E-state index contributed by atoms with van der Waals surface area (Å²) in [6.07, 6.45) is 2.76. The Bertz CT molecular complexity index is 486. The summed E-state index contributed by atoms with van der Waals surface area (Å²) >= 11 is 0. The maximum Gasteiger partial charge on any atom is 0.244 e. The summed E-state index contributed by atoms with van der Waals surface area (Å²) in [4.78, 5) is 22.9. The van der Waals surface area contributed by atoms with E-state index in [-0.39, 0.29) is 11.7 Å². The van der Waals surface area contributed by atoms with Gasteiger partial charge in [-0.25, -0.2) is 4.39 Å². The van der Waals surface area contributed by atoms with E-state index in [1.54, 1.807) is 26.0 Å². The zero-order valence-electron chi connectivity index (χ0n) is 10.9. The minimum Gasteiger partial charge on any atom is -0.355 e. The highest BCUT2D eigenvalue weighted by atomic mass is 19.1. The molecule has 0 fully saturated rings. The van der Waals surface area contributed by atoms with Crippen LogP contribution in [0.2, 0.25) is 0 Å². The summed E-state index contributed by atoms with van der Waals surface area (Å²) in [7, 11) is 0. The van der Waals surface area contributed by atoms with Crippen LogP contribution >= 0.6 is 0 Å². The molecule has 2 amide bonds. The molecule has 4 nitrogen and oxygen atoms in total. The van der Waals surface area contributed by atoms with Crippen molar-refractivity contribution in [3.63, 3.8) is 0 Å².